The lowest BCUT2D eigenvalue weighted by molar-refractivity contribution is 0.346. The van der Waals surface area contributed by atoms with E-state index < -0.39 is 10.0 Å². The topological polar surface area (TPSA) is 89.2 Å². The summed E-state index contributed by atoms with van der Waals surface area (Å²) in [6, 6.07) is 3.34. The lowest BCUT2D eigenvalue weighted by Gasteiger charge is -2.25. The standard InChI is InChI=1S/C15H20N4O3S2/c1-2-13-17-18-14(22-13)11-23-15-7-6-12(10-16-15)24(20,21)19-8-4-3-5-9-19/h6-7,10H,2-5,8-9,11H2,1H3. The third kappa shape index (κ3) is 3.96. The number of hydrogen-bond donors (Lipinski definition) is 0. The Kier molecular flexibility index (Phi) is 5.52. The van der Waals surface area contributed by atoms with E-state index in [4.69, 9.17) is 4.42 Å². The number of pyridine rings is 1. The number of piperidine rings is 1. The van der Waals surface area contributed by atoms with Gasteiger partial charge in [-0.25, -0.2) is 13.4 Å². The van der Waals surface area contributed by atoms with Gasteiger partial charge in [-0.3, -0.25) is 0 Å². The predicted molar refractivity (Wildman–Crippen MR) is 90.1 cm³/mol. The molecule has 9 heteroatoms. The third-order valence-corrected chi connectivity index (χ3v) is 6.63. The molecule has 1 aliphatic heterocycles. The smallest absolute Gasteiger partial charge is 0.244 e. The number of nitrogens with zero attached hydrogens (tertiary/aromatic N) is 4. The monoisotopic (exact) mass is 368 g/mol. The summed E-state index contributed by atoms with van der Waals surface area (Å²) in [6.45, 7) is 3.14. The van der Waals surface area contributed by atoms with Crippen LogP contribution in [0.1, 0.15) is 38.0 Å². The van der Waals surface area contributed by atoms with Gasteiger partial charge in [0, 0.05) is 25.7 Å². The first-order chi connectivity index (χ1) is 11.6. The van der Waals surface area contributed by atoms with E-state index in [9.17, 15) is 8.42 Å². The molecule has 3 heterocycles. The van der Waals surface area contributed by atoms with Crippen LogP contribution in [0.5, 0.6) is 0 Å². The molecule has 3 rings (SSSR count). The van der Waals surface area contributed by atoms with Gasteiger partial charge in [-0.2, -0.15) is 4.31 Å². The number of aromatic nitrogens is 3. The van der Waals surface area contributed by atoms with Gasteiger partial charge < -0.3 is 4.42 Å². The largest absolute Gasteiger partial charge is 0.424 e. The Morgan fingerprint density at radius 1 is 1.17 bits per heavy atom. The van der Waals surface area contributed by atoms with Crippen LogP contribution in [0, 0.1) is 0 Å². The van der Waals surface area contributed by atoms with Gasteiger partial charge in [0.15, 0.2) is 0 Å². The van der Waals surface area contributed by atoms with Crippen molar-refractivity contribution in [2.45, 2.75) is 48.3 Å². The molecule has 0 unspecified atom stereocenters. The molecule has 2 aromatic heterocycles. The molecule has 0 N–H and O–H groups in total. The molecule has 0 aliphatic carbocycles. The van der Waals surface area contributed by atoms with Crippen molar-refractivity contribution < 1.29 is 12.8 Å². The highest BCUT2D eigenvalue weighted by molar-refractivity contribution is 7.98. The Bertz CT molecular complexity index is 768. The van der Waals surface area contributed by atoms with Crippen molar-refractivity contribution in [3.8, 4) is 0 Å². The van der Waals surface area contributed by atoms with Crippen LogP contribution in [0.4, 0.5) is 0 Å². The fourth-order valence-electron chi connectivity index (χ4n) is 2.48. The number of sulfonamides is 1. The van der Waals surface area contributed by atoms with Crippen molar-refractivity contribution in [1.29, 1.82) is 0 Å². The van der Waals surface area contributed by atoms with Crippen molar-refractivity contribution in [2.75, 3.05) is 13.1 Å². The zero-order chi connectivity index (χ0) is 17.0. The maximum Gasteiger partial charge on any atom is 0.244 e. The van der Waals surface area contributed by atoms with Crippen LogP contribution in [0.15, 0.2) is 32.7 Å². The summed E-state index contributed by atoms with van der Waals surface area (Å²) in [5, 5.41) is 8.59. The van der Waals surface area contributed by atoms with Gasteiger partial charge in [0.1, 0.15) is 4.90 Å². The van der Waals surface area contributed by atoms with E-state index in [0.29, 0.717) is 37.0 Å². The zero-order valence-corrected chi connectivity index (χ0v) is 15.1. The third-order valence-electron chi connectivity index (χ3n) is 3.82. The second-order valence-corrected chi connectivity index (χ2v) is 8.46. The molecule has 0 amide bonds. The summed E-state index contributed by atoms with van der Waals surface area (Å²) in [5.41, 5.74) is 0. The molecule has 0 bridgehead atoms. The van der Waals surface area contributed by atoms with Gasteiger partial charge >= 0.3 is 0 Å². The van der Waals surface area contributed by atoms with Crippen molar-refractivity contribution in [3.63, 3.8) is 0 Å². The molecular weight excluding hydrogens is 348 g/mol. The Balaban J connectivity index is 1.64. The molecule has 0 aromatic carbocycles. The van der Waals surface area contributed by atoms with Crippen LogP contribution in [0.3, 0.4) is 0 Å². The quantitative estimate of drug-likeness (QED) is 0.724. The normalized spacial score (nSPS) is 16.4. The highest BCUT2D eigenvalue weighted by Crippen LogP contribution is 2.24. The van der Waals surface area contributed by atoms with Crippen LogP contribution in [-0.2, 0) is 22.2 Å². The SMILES string of the molecule is CCc1nnc(CSc2ccc(S(=O)(=O)N3CCCCC3)cn2)o1. The maximum absolute atomic E-state index is 12.6. The van der Waals surface area contributed by atoms with E-state index in [0.717, 1.165) is 24.3 Å². The van der Waals surface area contributed by atoms with Crippen LogP contribution in [0.25, 0.3) is 0 Å². The Morgan fingerprint density at radius 3 is 2.54 bits per heavy atom. The fourth-order valence-corrected chi connectivity index (χ4v) is 4.63. The molecule has 130 valence electrons. The van der Waals surface area contributed by atoms with Crippen LogP contribution in [-0.4, -0.2) is 41.0 Å². The molecule has 24 heavy (non-hydrogen) atoms. The van der Waals surface area contributed by atoms with E-state index in [-0.39, 0.29) is 4.90 Å². The summed E-state index contributed by atoms with van der Waals surface area (Å²) in [6.07, 6.45) is 5.07. The second kappa shape index (κ2) is 7.62. The molecule has 1 saturated heterocycles. The number of rotatable bonds is 6. The minimum Gasteiger partial charge on any atom is -0.424 e. The summed E-state index contributed by atoms with van der Waals surface area (Å²) in [5.74, 6) is 1.67. The van der Waals surface area contributed by atoms with E-state index in [1.807, 2.05) is 6.92 Å². The molecule has 2 aromatic rings. The van der Waals surface area contributed by atoms with Crippen LogP contribution >= 0.6 is 11.8 Å². The van der Waals surface area contributed by atoms with Crippen LogP contribution < -0.4 is 0 Å². The lowest BCUT2D eigenvalue weighted by Crippen LogP contribution is -2.35. The van der Waals surface area contributed by atoms with Crippen molar-refractivity contribution in [2.24, 2.45) is 0 Å². The van der Waals surface area contributed by atoms with E-state index in [2.05, 4.69) is 15.2 Å². The summed E-state index contributed by atoms with van der Waals surface area (Å²) < 4.78 is 32.1. The Labute approximate surface area is 145 Å². The molecule has 0 radical (unpaired) electrons. The molecule has 0 saturated carbocycles. The van der Waals surface area contributed by atoms with Crippen molar-refractivity contribution >= 4 is 21.8 Å². The molecule has 7 nitrogen and oxygen atoms in total. The Morgan fingerprint density at radius 2 is 1.92 bits per heavy atom. The van der Waals surface area contributed by atoms with Gasteiger partial charge in [-0.15, -0.1) is 10.2 Å². The average molecular weight is 368 g/mol. The zero-order valence-electron chi connectivity index (χ0n) is 13.5. The average Bonchev–Trinajstić information content (AvgIpc) is 3.09. The molecular formula is C15H20N4O3S2. The van der Waals surface area contributed by atoms with Crippen molar-refractivity contribution in [3.05, 3.63) is 30.1 Å². The highest BCUT2D eigenvalue weighted by Gasteiger charge is 2.26. The maximum atomic E-state index is 12.6. The first-order valence-corrected chi connectivity index (χ1v) is 10.4. The minimum absolute atomic E-state index is 0.250. The van der Waals surface area contributed by atoms with Gasteiger partial charge in [0.25, 0.3) is 0 Å². The second-order valence-electron chi connectivity index (χ2n) is 5.53. The number of hydrogen-bond acceptors (Lipinski definition) is 7. The van der Waals surface area contributed by atoms with Crippen molar-refractivity contribution in [1.82, 2.24) is 19.5 Å². The molecule has 1 aliphatic rings. The highest BCUT2D eigenvalue weighted by atomic mass is 32.2. The lowest BCUT2D eigenvalue weighted by atomic mass is 10.2. The first-order valence-electron chi connectivity index (χ1n) is 8.00. The van der Waals surface area contributed by atoms with Gasteiger partial charge in [0.2, 0.25) is 21.8 Å². The van der Waals surface area contributed by atoms with Gasteiger partial charge in [-0.1, -0.05) is 25.1 Å². The summed E-state index contributed by atoms with van der Waals surface area (Å²) >= 11 is 1.44. The first kappa shape index (κ1) is 17.4. The molecule has 0 atom stereocenters. The number of thioether (sulfide) groups is 1. The van der Waals surface area contributed by atoms with E-state index in [1.54, 1.807) is 16.4 Å². The minimum atomic E-state index is -3.43. The van der Waals surface area contributed by atoms with E-state index >= 15 is 0 Å². The Hall–Kier alpha value is -1.45. The summed E-state index contributed by atoms with van der Waals surface area (Å²) in [7, 11) is -3.43. The molecule has 1 fully saturated rings. The van der Waals surface area contributed by atoms with E-state index in [1.165, 1.54) is 18.0 Å². The predicted octanol–water partition coefficient (Wildman–Crippen LogP) is 2.49. The van der Waals surface area contributed by atoms with Crippen LogP contribution in [0.2, 0.25) is 0 Å². The molecule has 0 spiro atoms. The van der Waals surface area contributed by atoms with Gasteiger partial charge in [-0.05, 0) is 25.0 Å². The fraction of sp³-hybridized carbons (Fsp3) is 0.533. The number of aryl methyl sites for hydroxylation is 1. The van der Waals surface area contributed by atoms with Gasteiger partial charge in [0.05, 0.1) is 10.8 Å². The summed E-state index contributed by atoms with van der Waals surface area (Å²) in [4.78, 5) is 4.50.